The van der Waals surface area contributed by atoms with Gasteiger partial charge in [0.15, 0.2) is 5.82 Å². The van der Waals surface area contributed by atoms with Gasteiger partial charge in [0.2, 0.25) is 0 Å². The lowest BCUT2D eigenvalue weighted by Gasteiger charge is -2.34. The molecule has 1 aromatic carbocycles. The van der Waals surface area contributed by atoms with Gasteiger partial charge in [-0.3, -0.25) is 9.69 Å². The Kier molecular flexibility index (Phi) is 5.61. The SMILES string of the molecule is Cc1cc2cc([C@@H](c3nnnn3C3CCCCC3)N3CCCCC3)c(=O)[nH]c2cc1C. The number of fused-ring (bicyclic) bond motifs is 1. The van der Waals surface area contributed by atoms with E-state index in [1.165, 1.54) is 36.8 Å². The van der Waals surface area contributed by atoms with Gasteiger partial charge in [-0.2, -0.15) is 0 Å². The predicted octanol–water partition coefficient (Wildman–Crippen LogP) is 4.21. The summed E-state index contributed by atoms with van der Waals surface area (Å²) in [6.07, 6.45) is 9.46. The van der Waals surface area contributed by atoms with Crippen LogP contribution in [0.25, 0.3) is 10.9 Å². The van der Waals surface area contributed by atoms with Gasteiger partial charge in [0.25, 0.3) is 5.56 Å². The monoisotopic (exact) mass is 420 g/mol. The number of benzene rings is 1. The van der Waals surface area contributed by atoms with Crippen LogP contribution >= 0.6 is 0 Å². The quantitative estimate of drug-likeness (QED) is 0.684. The second-order valence-electron chi connectivity index (χ2n) is 9.35. The number of hydrogen-bond acceptors (Lipinski definition) is 5. The van der Waals surface area contributed by atoms with Crippen molar-refractivity contribution in [1.29, 1.82) is 0 Å². The summed E-state index contributed by atoms with van der Waals surface area (Å²) in [6, 6.07) is 6.42. The molecular weight excluding hydrogens is 388 g/mol. The van der Waals surface area contributed by atoms with Crippen molar-refractivity contribution in [2.24, 2.45) is 0 Å². The van der Waals surface area contributed by atoms with Crippen LogP contribution in [-0.4, -0.2) is 43.2 Å². The van der Waals surface area contributed by atoms with Crippen molar-refractivity contribution in [1.82, 2.24) is 30.1 Å². The Morgan fingerprint density at radius 2 is 1.68 bits per heavy atom. The average Bonchev–Trinajstić information content (AvgIpc) is 3.26. The van der Waals surface area contributed by atoms with Gasteiger partial charge in [0, 0.05) is 11.1 Å². The molecule has 5 rings (SSSR count). The molecular formula is C24H32N6O. The normalized spacial score (nSPS) is 19.7. The number of piperidine rings is 1. The molecule has 0 unspecified atom stereocenters. The lowest BCUT2D eigenvalue weighted by molar-refractivity contribution is 0.171. The number of aromatic amines is 1. The number of hydrogen-bond donors (Lipinski definition) is 1. The zero-order valence-corrected chi connectivity index (χ0v) is 18.6. The number of likely N-dealkylation sites (tertiary alicyclic amines) is 1. The van der Waals surface area contributed by atoms with E-state index < -0.39 is 0 Å². The fourth-order valence-electron chi connectivity index (χ4n) is 5.34. The van der Waals surface area contributed by atoms with Gasteiger partial charge in [-0.15, -0.1) is 5.10 Å². The van der Waals surface area contributed by atoms with Crippen LogP contribution < -0.4 is 5.56 Å². The van der Waals surface area contributed by atoms with Gasteiger partial charge >= 0.3 is 0 Å². The van der Waals surface area contributed by atoms with Gasteiger partial charge in [0.1, 0.15) is 6.04 Å². The van der Waals surface area contributed by atoms with Crippen LogP contribution in [0.2, 0.25) is 0 Å². The maximum atomic E-state index is 13.3. The molecule has 7 nitrogen and oxygen atoms in total. The van der Waals surface area contributed by atoms with Crippen molar-refractivity contribution in [3.05, 3.63) is 51.1 Å². The Hall–Kier alpha value is -2.54. The third-order valence-corrected chi connectivity index (χ3v) is 7.22. The molecule has 7 heteroatoms. The molecule has 0 spiro atoms. The largest absolute Gasteiger partial charge is 0.322 e. The fraction of sp³-hybridized carbons (Fsp3) is 0.583. The summed E-state index contributed by atoms with van der Waals surface area (Å²) < 4.78 is 2.03. The third kappa shape index (κ3) is 3.91. The van der Waals surface area contributed by atoms with E-state index in [2.05, 4.69) is 57.5 Å². The second kappa shape index (κ2) is 8.54. The highest BCUT2D eigenvalue weighted by Crippen LogP contribution is 2.34. The Morgan fingerprint density at radius 3 is 2.45 bits per heavy atom. The number of H-pyrrole nitrogens is 1. The van der Waals surface area contributed by atoms with E-state index in [9.17, 15) is 4.79 Å². The van der Waals surface area contributed by atoms with E-state index in [-0.39, 0.29) is 11.6 Å². The van der Waals surface area contributed by atoms with Crippen LogP contribution in [0.4, 0.5) is 0 Å². The van der Waals surface area contributed by atoms with Gasteiger partial charge in [-0.1, -0.05) is 25.7 Å². The highest BCUT2D eigenvalue weighted by Gasteiger charge is 2.33. The molecule has 1 aliphatic heterocycles. The summed E-state index contributed by atoms with van der Waals surface area (Å²) in [5.41, 5.74) is 4.02. The van der Waals surface area contributed by atoms with Crippen LogP contribution in [0, 0.1) is 13.8 Å². The molecule has 0 radical (unpaired) electrons. The van der Waals surface area contributed by atoms with Gasteiger partial charge < -0.3 is 4.98 Å². The molecule has 0 amide bonds. The molecule has 3 aromatic rings. The summed E-state index contributed by atoms with van der Waals surface area (Å²) in [5.74, 6) is 0.822. The van der Waals surface area contributed by atoms with Gasteiger partial charge in [0.05, 0.1) is 6.04 Å². The molecule has 0 bridgehead atoms. The van der Waals surface area contributed by atoms with Crippen LogP contribution in [-0.2, 0) is 0 Å². The topological polar surface area (TPSA) is 79.7 Å². The molecule has 3 heterocycles. The Labute approximate surface area is 182 Å². The number of aromatic nitrogens is 5. The van der Waals surface area contributed by atoms with Crippen molar-refractivity contribution in [2.75, 3.05) is 13.1 Å². The lowest BCUT2D eigenvalue weighted by atomic mass is 9.94. The zero-order valence-electron chi connectivity index (χ0n) is 18.6. The van der Waals surface area contributed by atoms with E-state index in [1.807, 2.05) is 4.68 Å². The Balaban J connectivity index is 1.64. The number of aryl methyl sites for hydroxylation is 2. The predicted molar refractivity (Wildman–Crippen MR) is 121 cm³/mol. The number of tetrazole rings is 1. The van der Waals surface area contributed by atoms with Crippen molar-refractivity contribution in [3.63, 3.8) is 0 Å². The molecule has 2 aromatic heterocycles. The lowest BCUT2D eigenvalue weighted by Crippen LogP contribution is -2.39. The average molecular weight is 421 g/mol. The summed E-state index contributed by atoms with van der Waals surface area (Å²) in [7, 11) is 0. The third-order valence-electron chi connectivity index (χ3n) is 7.22. The van der Waals surface area contributed by atoms with Crippen LogP contribution in [0.5, 0.6) is 0 Å². The first-order valence-electron chi connectivity index (χ1n) is 11.8. The van der Waals surface area contributed by atoms with Crippen LogP contribution in [0.1, 0.15) is 86.0 Å². The standard InChI is InChI=1S/C24H32N6O/c1-16-13-18-15-20(24(31)25-21(18)14-17(16)2)22(29-11-7-4-8-12-29)23-26-27-28-30(23)19-9-5-3-6-10-19/h13-15,19,22H,3-12H2,1-2H3,(H,25,31)/t22-/m0/s1. The molecule has 1 saturated carbocycles. The minimum absolute atomic E-state index is 0.0375. The smallest absolute Gasteiger partial charge is 0.253 e. The summed E-state index contributed by atoms with van der Waals surface area (Å²) in [6.45, 7) is 6.13. The van der Waals surface area contributed by atoms with Crippen LogP contribution in [0.15, 0.2) is 23.0 Å². The molecule has 164 valence electrons. The number of nitrogens with zero attached hydrogens (tertiary/aromatic N) is 5. The number of nitrogens with one attached hydrogen (secondary N) is 1. The first-order chi connectivity index (χ1) is 15.1. The molecule has 2 aliphatic rings. The van der Waals surface area contributed by atoms with E-state index in [4.69, 9.17) is 0 Å². The van der Waals surface area contributed by atoms with E-state index in [0.717, 1.165) is 61.1 Å². The van der Waals surface area contributed by atoms with Crippen molar-refractivity contribution in [3.8, 4) is 0 Å². The second-order valence-corrected chi connectivity index (χ2v) is 9.35. The van der Waals surface area contributed by atoms with Gasteiger partial charge in [-0.05, 0) is 97.8 Å². The maximum Gasteiger partial charge on any atom is 0.253 e. The van der Waals surface area contributed by atoms with Crippen molar-refractivity contribution in [2.45, 2.75) is 77.3 Å². The molecule has 1 aliphatic carbocycles. The molecule has 1 atom stereocenters. The Morgan fingerprint density at radius 1 is 0.968 bits per heavy atom. The van der Waals surface area contributed by atoms with Crippen LogP contribution in [0.3, 0.4) is 0 Å². The summed E-state index contributed by atoms with van der Waals surface area (Å²) >= 11 is 0. The first kappa shape index (κ1) is 20.4. The number of pyridine rings is 1. The molecule has 2 fully saturated rings. The summed E-state index contributed by atoms with van der Waals surface area (Å²) in [4.78, 5) is 18.9. The van der Waals surface area contributed by atoms with Crippen molar-refractivity contribution < 1.29 is 0 Å². The first-order valence-corrected chi connectivity index (χ1v) is 11.8. The fourth-order valence-corrected chi connectivity index (χ4v) is 5.34. The molecule has 1 saturated heterocycles. The van der Waals surface area contributed by atoms with Gasteiger partial charge in [-0.25, -0.2) is 4.68 Å². The van der Waals surface area contributed by atoms with Crippen molar-refractivity contribution >= 4 is 10.9 Å². The van der Waals surface area contributed by atoms with E-state index in [1.54, 1.807) is 0 Å². The zero-order chi connectivity index (χ0) is 21.4. The highest BCUT2D eigenvalue weighted by atomic mass is 16.1. The minimum Gasteiger partial charge on any atom is -0.322 e. The Bertz CT molecular complexity index is 1120. The minimum atomic E-state index is -0.216. The number of rotatable bonds is 4. The van der Waals surface area contributed by atoms with E-state index >= 15 is 0 Å². The molecule has 31 heavy (non-hydrogen) atoms. The van der Waals surface area contributed by atoms with E-state index in [0.29, 0.717) is 6.04 Å². The summed E-state index contributed by atoms with van der Waals surface area (Å²) in [5, 5.41) is 14.1. The maximum absolute atomic E-state index is 13.3. The highest BCUT2D eigenvalue weighted by molar-refractivity contribution is 5.81. The molecule has 1 N–H and O–H groups in total.